The Morgan fingerprint density at radius 3 is 2.71 bits per heavy atom. The molecule has 0 aromatic carbocycles. The van der Waals surface area contributed by atoms with Crippen LogP contribution in [0.1, 0.15) is 19.3 Å². The summed E-state index contributed by atoms with van der Waals surface area (Å²) >= 11 is 1.93. The third kappa shape index (κ3) is 1.97. The van der Waals surface area contributed by atoms with Crippen LogP contribution in [0.5, 0.6) is 0 Å². The van der Waals surface area contributed by atoms with Gasteiger partial charge in [-0.05, 0) is 19.3 Å². The van der Waals surface area contributed by atoms with Gasteiger partial charge < -0.3 is 9.64 Å². The molecule has 1 atom stereocenters. The highest BCUT2D eigenvalue weighted by atomic mass is 32.2. The van der Waals surface area contributed by atoms with Crippen LogP contribution in [0, 0.1) is 5.92 Å². The fourth-order valence-corrected chi connectivity index (χ4v) is 4.58. The molecule has 2 aliphatic heterocycles. The molecule has 2 saturated heterocycles. The molecule has 0 aromatic rings. The van der Waals surface area contributed by atoms with E-state index in [0.29, 0.717) is 18.9 Å². The molecule has 1 spiro atoms. The molecule has 0 unspecified atom stereocenters. The lowest BCUT2D eigenvalue weighted by Crippen LogP contribution is -2.62. The van der Waals surface area contributed by atoms with Crippen molar-refractivity contribution in [3.63, 3.8) is 0 Å². The SMILES string of the molecule is CO[C@H]1CSC2(C1)CN(C(=O)C1CC(F)C1)C2. The highest BCUT2D eigenvalue weighted by molar-refractivity contribution is 8.01. The molecule has 0 N–H and O–H groups in total. The van der Waals surface area contributed by atoms with Crippen LogP contribution in [0.25, 0.3) is 0 Å². The third-order valence-corrected chi connectivity index (χ3v) is 5.78. The van der Waals surface area contributed by atoms with Crippen molar-refractivity contribution in [1.82, 2.24) is 4.90 Å². The van der Waals surface area contributed by atoms with Crippen molar-refractivity contribution in [2.45, 2.75) is 36.3 Å². The smallest absolute Gasteiger partial charge is 0.225 e. The first-order valence-corrected chi connectivity index (χ1v) is 7.20. The van der Waals surface area contributed by atoms with E-state index in [-0.39, 0.29) is 16.6 Å². The van der Waals surface area contributed by atoms with E-state index in [2.05, 4.69) is 0 Å². The lowest BCUT2D eigenvalue weighted by atomic mass is 9.80. The summed E-state index contributed by atoms with van der Waals surface area (Å²) < 4.78 is 18.3. The van der Waals surface area contributed by atoms with Crippen LogP contribution in [-0.2, 0) is 9.53 Å². The van der Waals surface area contributed by atoms with Crippen LogP contribution < -0.4 is 0 Å². The van der Waals surface area contributed by atoms with Crippen LogP contribution in [0.3, 0.4) is 0 Å². The third-order valence-electron chi connectivity index (χ3n) is 4.21. The first-order chi connectivity index (χ1) is 8.12. The Bertz CT molecular complexity index is 326. The second-order valence-electron chi connectivity index (χ2n) is 5.52. The predicted molar refractivity (Wildman–Crippen MR) is 64.8 cm³/mol. The van der Waals surface area contributed by atoms with Crippen molar-refractivity contribution in [3.05, 3.63) is 0 Å². The minimum absolute atomic E-state index is 0.0352. The second-order valence-corrected chi connectivity index (χ2v) is 7.00. The number of nitrogens with zero attached hydrogens (tertiary/aromatic N) is 1. The van der Waals surface area contributed by atoms with Gasteiger partial charge in [0.1, 0.15) is 6.17 Å². The van der Waals surface area contributed by atoms with Crippen molar-refractivity contribution in [2.75, 3.05) is 26.0 Å². The number of carbonyl (C=O) groups excluding carboxylic acids is 1. The van der Waals surface area contributed by atoms with E-state index in [1.807, 2.05) is 16.7 Å². The lowest BCUT2D eigenvalue weighted by Gasteiger charge is -2.49. The van der Waals surface area contributed by atoms with E-state index >= 15 is 0 Å². The van der Waals surface area contributed by atoms with E-state index in [0.717, 1.165) is 25.3 Å². The monoisotopic (exact) mass is 259 g/mol. The molecule has 1 aliphatic carbocycles. The Kier molecular flexibility index (Phi) is 2.86. The number of alkyl halides is 1. The summed E-state index contributed by atoms with van der Waals surface area (Å²) in [4.78, 5) is 13.9. The Morgan fingerprint density at radius 1 is 1.47 bits per heavy atom. The minimum Gasteiger partial charge on any atom is -0.381 e. The van der Waals surface area contributed by atoms with Crippen LogP contribution in [-0.4, -0.2) is 53.8 Å². The average Bonchev–Trinajstić information content (AvgIpc) is 2.66. The quantitative estimate of drug-likeness (QED) is 0.752. The van der Waals surface area contributed by atoms with Gasteiger partial charge >= 0.3 is 0 Å². The summed E-state index contributed by atoms with van der Waals surface area (Å²) in [5, 5.41) is 0. The Labute approximate surface area is 105 Å². The molecular weight excluding hydrogens is 241 g/mol. The number of ether oxygens (including phenoxy) is 1. The van der Waals surface area contributed by atoms with Crippen LogP contribution in [0.15, 0.2) is 0 Å². The van der Waals surface area contributed by atoms with Gasteiger partial charge in [0, 0.05) is 31.9 Å². The van der Waals surface area contributed by atoms with Crippen molar-refractivity contribution in [3.8, 4) is 0 Å². The number of hydrogen-bond acceptors (Lipinski definition) is 3. The minimum atomic E-state index is -0.738. The van der Waals surface area contributed by atoms with Gasteiger partial charge in [-0.25, -0.2) is 4.39 Å². The standard InChI is InChI=1S/C12H18FNO2S/c1-16-10-4-12(17-5-10)6-14(7-12)11(15)8-2-9(13)3-8/h8-10H,2-7H2,1H3/t8?,9?,10-/m1/s1. The van der Waals surface area contributed by atoms with Gasteiger partial charge in [0.25, 0.3) is 0 Å². The number of halogens is 1. The molecule has 1 amide bonds. The Balaban J connectivity index is 1.50. The zero-order chi connectivity index (χ0) is 12.0. The van der Waals surface area contributed by atoms with Crippen molar-refractivity contribution in [1.29, 1.82) is 0 Å². The van der Waals surface area contributed by atoms with E-state index in [1.54, 1.807) is 7.11 Å². The molecule has 3 fully saturated rings. The number of methoxy groups -OCH3 is 1. The normalized spacial score (nSPS) is 38.9. The summed E-state index contributed by atoms with van der Waals surface area (Å²) in [6.45, 7) is 1.67. The van der Waals surface area contributed by atoms with Gasteiger partial charge in [-0.3, -0.25) is 4.79 Å². The average molecular weight is 259 g/mol. The van der Waals surface area contributed by atoms with Gasteiger partial charge in [-0.15, -0.1) is 11.8 Å². The van der Waals surface area contributed by atoms with Crippen molar-refractivity contribution >= 4 is 17.7 Å². The molecule has 96 valence electrons. The van der Waals surface area contributed by atoms with Crippen LogP contribution >= 0.6 is 11.8 Å². The Hall–Kier alpha value is -0.290. The second kappa shape index (κ2) is 4.12. The number of thioether (sulfide) groups is 1. The van der Waals surface area contributed by atoms with Gasteiger partial charge in [0.2, 0.25) is 5.91 Å². The largest absolute Gasteiger partial charge is 0.381 e. The molecule has 3 aliphatic rings. The highest BCUT2D eigenvalue weighted by Crippen LogP contribution is 2.47. The van der Waals surface area contributed by atoms with Gasteiger partial charge in [0.05, 0.1) is 10.9 Å². The summed E-state index contributed by atoms with van der Waals surface area (Å²) in [6.07, 6.45) is 1.54. The molecule has 17 heavy (non-hydrogen) atoms. The summed E-state index contributed by atoms with van der Waals surface area (Å²) in [5.74, 6) is 1.17. The molecule has 2 heterocycles. The highest BCUT2D eigenvalue weighted by Gasteiger charge is 2.52. The first-order valence-electron chi connectivity index (χ1n) is 6.21. The van der Waals surface area contributed by atoms with Crippen molar-refractivity contribution < 1.29 is 13.9 Å². The molecule has 0 aromatic heterocycles. The first kappa shape index (κ1) is 11.8. The van der Waals surface area contributed by atoms with E-state index in [1.165, 1.54) is 0 Å². The molecule has 0 radical (unpaired) electrons. The summed E-state index contributed by atoms with van der Waals surface area (Å²) in [5.41, 5.74) is 0. The molecule has 3 rings (SSSR count). The topological polar surface area (TPSA) is 29.5 Å². The maximum atomic E-state index is 12.7. The molecule has 1 saturated carbocycles. The summed E-state index contributed by atoms with van der Waals surface area (Å²) in [6, 6.07) is 0. The van der Waals surface area contributed by atoms with Gasteiger partial charge in [0.15, 0.2) is 0 Å². The number of amides is 1. The lowest BCUT2D eigenvalue weighted by molar-refractivity contribution is -0.146. The molecule has 3 nitrogen and oxygen atoms in total. The predicted octanol–water partition coefficient (Wildman–Crippen LogP) is 1.47. The Morgan fingerprint density at radius 2 is 2.18 bits per heavy atom. The molecule has 0 bridgehead atoms. The fourth-order valence-electron chi connectivity index (χ4n) is 2.99. The summed E-state index contributed by atoms with van der Waals surface area (Å²) in [7, 11) is 1.75. The van der Waals surface area contributed by atoms with E-state index < -0.39 is 6.17 Å². The maximum Gasteiger partial charge on any atom is 0.225 e. The number of likely N-dealkylation sites (tertiary alicyclic amines) is 1. The van der Waals surface area contributed by atoms with Gasteiger partial charge in [-0.2, -0.15) is 0 Å². The van der Waals surface area contributed by atoms with E-state index in [9.17, 15) is 9.18 Å². The van der Waals surface area contributed by atoms with Crippen LogP contribution in [0.2, 0.25) is 0 Å². The molecule has 5 heteroatoms. The van der Waals surface area contributed by atoms with Crippen LogP contribution in [0.4, 0.5) is 4.39 Å². The maximum absolute atomic E-state index is 12.7. The zero-order valence-corrected chi connectivity index (χ0v) is 10.8. The van der Waals surface area contributed by atoms with E-state index in [4.69, 9.17) is 4.74 Å². The van der Waals surface area contributed by atoms with Gasteiger partial charge in [-0.1, -0.05) is 0 Å². The molecular formula is C12H18FNO2S. The number of rotatable bonds is 2. The number of hydrogen-bond donors (Lipinski definition) is 0. The number of carbonyl (C=O) groups is 1. The fraction of sp³-hybridized carbons (Fsp3) is 0.917. The van der Waals surface area contributed by atoms with Crippen molar-refractivity contribution in [2.24, 2.45) is 5.92 Å². The zero-order valence-electron chi connectivity index (χ0n) is 10.0.